The molecule has 2 amide bonds. The number of carbonyl (C=O) groups excluding carboxylic acids is 2. The topological polar surface area (TPSA) is 49.4 Å². The fourth-order valence-electron chi connectivity index (χ4n) is 2.21. The average Bonchev–Trinajstić information content (AvgIpc) is 2.58. The number of thioether (sulfide) groups is 1. The summed E-state index contributed by atoms with van der Waals surface area (Å²) < 4.78 is 0. The van der Waals surface area contributed by atoms with Crippen molar-refractivity contribution in [3.63, 3.8) is 0 Å². The van der Waals surface area contributed by atoms with Crippen LogP contribution in [0.4, 0.5) is 5.69 Å². The third-order valence-electron chi connectivity index (χ3n) is 3.57. The fraction of sp³-hybridized carbons (Fsp3) is 0.263. The van der Waals surface area contributed by atoms with Crippen molar-refractivity contribution >= 4 is 40.9 Å². The minimum Gasteiger partial charge on any atom is -0.335 e. The molecule has 6 heteroatoms. The maximum atomic E-state index is 12.4. The van der Waals surface area contributed by atoms with Gasteiger partial charge in [0.2, 0.25) is 11.8 Å². The molecule has 2 aromatic rings. The molecule has 4 nitrogen and oxygen atoms in total. The molecule has 0 radical (unpaired) electrons. The second-order valence-electron chi connectivity index (χ2n) is 5.82. The van der Waals surface area contributed by atoms with Crippen molar-refractivity contribution in [2.24, 2.45) is 0 Å². The minimum atomic E-state index is -0.293. The Morgan fingerprint density at radius 3 is 2.32 bits per heavy atom. The van der Waals surface area contributed by atoms with Crippen LogP contribution in [0.2, 0.25) is 5.02 Å². The number of halogens is 1. The lowest BCUT2D eigenvalue weighted by atomic mass is 10.2. The van der Waals surface area contributed by atoms with Gasteiger partial charge in [0.15, 0.2) is 0 Å². The molecule has 0 aromatic heterocycles. The molecule has 0 bridgehead atoms. The van der Waals surface area contributed by atoms with Crippen molar-refractivity contribution in [2.45, 2.75) is 24.0 Å². The van der Waals surface area contributed by atoms with Crippen LogP contribution < -0.4 is 5.32 Å². The molecule has 0 aliphatic rings. The van der Waals surface area contributed by atoms with Gasteiger partial charge in [0.25, 0.3) is 0 Å². The molecule has 2 aromatic carbocycles. The van der Waals surface area contributed by atoms with Gasteiger partial charge in [-0.3, -0.25) is 9.59 Å². The van der Waals surface area contributed by atoms with E-state index >= 15 is 0 Å². The van der Waals surface area contributed by atoms with E-state index in [0.29, 0.717) is 5.02 Å². The summed E-state index contributed by atoms with van der Waals surface area (Å²) in [4.78, 5) is 27.0. The summed E-state index contributed by atoms with van der Waals surface area (Å²) in [6.07, 6.45) is 0. The molecule has 1 N–H and O–H groups in total. The predicted molar refractivity (Wildman–Crippen MR) is 104 cm³/mol. The summed E-state index contributed by atoms with van der Waals surface area (Å²) in [5.74, 6) is -0.317. The van der Waals surface area contributed by atoms with Gasteiger partial charge in [0.05, 0.1) is 11.8 Å². The average molecular weight is 377 g/mol. The summed E-state index contributed by atoms with van der Waals surface area (Å²) in [5, 5.41) is 3.16. The summed E-state index contributed by atoms with van der Waals surface area (Å²) in [7, 11) is 1.63. The van der Waals surface area contributed by atoms with Gasteiger partial charge < -0.3 is 10.2 Å². The van der Waals surface area contributed by atoms with Crippen molar-refractivity contribution in [3.05, 3.63) is 59.1 Å². The zero-order valence-corrected chi connectivity index (χ0v) is 16.0. The first kappa shape index (κ1) is 19.3. The van der Waals surface area contributed by atoms with Crippen molar-refractivity contribution < 1.29 is 9.59 Å². The molecule has 1 atom stereocenters. The maximum Gasteiger partial charge on any atom is 0.243 e. The first-order chi connectivity index (χ1) is 11.8. The second kappa shape index (κ2) is 8.92. The van der Waals surface area contributed by atoms with Gasteiger partial charge in [0.1, 0.15) is 0 Å². The zero-order chi connectivity index (χ0) is 18.4. The Balaban J connectivity index is 1.86. The Hall–Kier alpha value is -1.98. The number of amides is 2. The number of nitrogens with one attached hydrogen (secondary N) is 1. The third kappa shape index (κ3) is 6.11. The fourth-order valence-corrected chi connectivity index (χ4v) is 3.32. The molecular formula is C19H21ClN2O2S. The van der Waals surface area contributed by atoms with Gasteiger partial charge in [-0.05, 0) is 50.2 Å². The van der Waals surface area contributed by atoms with Crippen LogP contribution in [0.1, 0.15) is 12.5 Å². The van der Waals surface area contributed by atoms with Gasteiger partial charge in [-0.15, -0.1) is 11.8 Å². The summed E-state index contributed by atoms with van der Waals surface area (Å²) in [6.45, 7) is 3.83. The Morgan fingerprint density at radius 1 is 1.12 bits per heavy atom. The van der Waals surface area contributed by atoms with E-state index in [-0.39, 0.29) is 23.6 Å². The number of benzene rings is 2. The zero-order valence-electron chi connectivity index (χ0n) is 14.5. The van der Waals surface area contributed by atoms with Crippen LogP contribution in [-0.4, -0.2) is 35.6 Å². The molecule has 0 saturated carbocycles. The molecule has 0 aliphatic carbocycles. The highest BCUT2D eigenvalue weighted by atomic mass is 35.5. The van der Waals surface area contributed by atoms with E-state index in [4.69, 9.17) is 11.6 Å². The number of hydrogen-bond acceptors (Lipinski definition) is 3. The molecule has 0 spiro atoms. The molecular weight excluding hydrogens is 356 g/mol. The van der Waals surface area contributed by atoms with Crippen LogP contribution in [0, 0.1) is 6.92 Å². The lowest BCUT2D eigenvalue weighted by molar-refractivity contribution is -0.132. The number of anilines is 1. The SMILES string of the molecule is Cc1ccc(NC(=O)CN(C)C(=O)[C@H](C)Sc2ccc(Cl)cc2)cc1. The van der Waals surface area contributed by atoms with Crippen LogP contribution in [0.15, 0.2) is 53.4 Å². The highest BCUT2D eigenvalue weighted by Gasteiger charge is 2.20. The van der Waals surface area contributed by atoms with Crippen LogP contribution >= 0.6 is 23.4 Å². The Bertz CT molecular complexity index is 732. The van der Waals surface area contributed by atoms with E-state index < -0.39 is 0 Å². The molecule has 0 heterocycles. The second-order valence-corrected chi connectivity index (χ2v) is 7.67. The number of hydrogen-bond donors (Lipinski definition) is 1. The number of likely N-dealkylation sites (N-methyl/N-ethyl adjacent to an activating group) is 1. The van der Waals surface area contributed by atoms with E-state index in [2.05, 4.69) is 5.32 Å². The highest BCUT2D eigenvalue weighted by molar-refractivity contribution is 8.00. The van der Waals surface area contributed by atoms with Crippen LogP contribution in [0.3, 0.4) is 0 Å². The standard InChI is InChI=1S/C19H21ClN2O2S/c1-13-4-8-16(9-5-13)21-18(23)12-22(3)19(24)14(2)25-17-10-6-15(20)7-11-17/h4-11,14H,12H2,1-3H3,(H,21,23)/t14-/m0/s1. The molecule has 132 valence electrons. The van der Waals surface area contributed by atoms with Crippen molar-refractivity contribution in [3.8, 4) is 0 Å². The van der Waals surface area contributed by atoms with Gasteiger partial charge >= 0.3 is 0 Å². The van der Waals surface area contributed by atoms with Gasteiger partial charge in [-0.1, -0.05) is 29.3 Å². The summed E-state index contributed by atoms with van der Waals surface area (Å²) >= 11 is 7.30. The highest BCUT2D eigenvalue weighted by Crippen LogP contribution is 2.25. The first-order valence-corrected chi connectivity index (χ1v) is 9.14. The van der Waals surface area contributed by atoms with Crippen molar-refractivity contribution in [1.29, 1.82) is 0 Å². The van der Waals surface area contributed by atoms with Crippen LogP contribution in [-0.2, 0) is 9.59 Å². The largest absolute Gasteiger partial charge is 0.335 e. The number of nitrogens with zero attached hydrogens (tertiary/aromatic N) is 1. The smallest absolute Gasteiger partial charge is 0.243 e. The Morgan fingerprint density at radius 2 is 1.72 bits per heavy atom. The lowest BCUT2D eigenvalue weighted by Gasteiger charge is -2.20. The van der Waals surface area contributed by atoms with Crippen molar-refractivity contribution in [2.75, 3.05) is 18.9 Å². The van der Waals surface area contributed by atoms with Gasteiger partial charge in [-0.2, -0.15) is 0 Å². The van der Waals surface area contributed by atoms with E-state index in [9.17, 15) is 9.59 Å². The third-order valence-corrected chi connectivity index (χ3v) is 4.92. The summed E-state index contributed by atoms with van der Waals surface area (Å²) in [5.41, 5.74) is 1.85. The Labute approximate surface area is 157 Å². The lowest BCUT2D eigenvalue weighted by Crippen LogP contribution is -2.38. The van der Waals surface area contributed by atoms with Gasteiger partial charge in [-0.25, -0.2) is 0 Å². The number of aryl methyl sites for hydroxylation is 1. The quantitative estimate of drug-likeness (QED) is 0.767. The van der Waals surface area contributed by atoms with E-state index in [1.165, 1.54) is 16.7 Å². The molecule has 0 fully saturated rings. The Kier molecular flexibility index (Phi) is 6.91. The molecule has 25 heavy (non-hydrogen) atoms. The van der Waals surface area contributed by atoms with Crippen LogP contribution in [0.5, 0.6) is 0 Å². The van der Waals surface area contributed by atoms with Crippen LogP contribution in [0.25, 0.3) is 0 Å². The molecule has 0 saturated heterocycles. The minimum absolute atomic E-state index is 0.0121. The van der Waals surface area contributed by atoms with E-state index in [0.717, 1.165) is 16.1 Å². The molecule has 2 rings (SSSR count). The maximum absolute atomic E-state index is 12.4. The molecule has 0 unspecified atom stereocenters. The monoisotopic (exact) mass is 376 g/mol. The van der Waals surface area contributed by atoms with E-state index in [1.807, 2.05) is 50.2 Å². The first-order valence-electron chi connectivity index (χ1n) is 7.89. The molecule has 0 aliphatic heterocycles. The van der Waals surface area contributed by atoms with Crippen molar-refractivity contribution in [1.82, 2.24) is 4.90 Å². The van der Waals surface area contributed by atoms with Gasteiger partial charge in [0, 0.05) is 22.7 Å². The predicted octanol–water partition coefficient (Wildman–Crippen LogP) is 4.23. The number of rotatable bonds is 6. The number of carbonyl (C=O) groups is 2. The summed E-state index contributed by atoms with van der Waals surface area (Å²) in [6, 6.07) is 14.9. The normalized spacial score (nSPS) is 11.7. The van der Waals surface area contributed by atoms with E-state index in [1.54, 1.807) is 19.2 Å².